The molecule has 0 amide bonds. The first kappa shape index (κ1) is 6.13. The summed E-state index contributed by atoms with van der Waals surface area (Å²) in [5.74, 6) is 0. The second-order valence-electron chi connectivity index (χ2n) is 1.90. The number of aryl methyl sites for hydroxylation is 1. The van der Waals surface area contributed by atoms with Crippen LogP contribution in [-0.2, 0) is 0 Å². The smallest absolute Gasteiger partial charge is 0.0637 e. The molecule has 44 valence electrons. The predicted molar refractivity (Wildman–Crippen MR) is 43.3 cm³/mol. The number of aromatic nitrogens is 1. The van der Waals surface area contributed by atoms with E-state index in [1.54, 1.807) is 0 Å². The van der Waals surface area contributed by atoms with Crippen molar-refractivity contribution in [3.63, 3.8) is 0 Å². The Morgan fingerprint density at radius 3 is 2.25 bits per heavy atom. The minimum Gasteiger partial charge on any atom is -0.294 e. The van der Waals surface area contributed by atoms with Crippen molar-refractivity contribution >= 4 is 22.9 Å². The Morgan fingerprint density at radius 1 is 1.50 bits per heavy atom. The third-order valence-electron chi connectivity index (χ3n) is 1.35. The van der Waals surface area contributed by atoms with Crippen molar-refractivity contribution in [1.29, 1.82) is 0 Å². The maximum absolute atomic E-state index is 2.26. The van der Waals surface area contributed by atoms with Crippen LogP contribution in [0.1, 0.15) is 11.3 Å². The Morgan fingerprint density at radius 2 is 2.12 bits per heavy atom. The molecule has 0 saturated heterocycles. The molecule has 0 aliphatic carbocycles. The van der Waals surface area contributed by atoms with E-state index in [-0.39, 0.29) is 0 Å². The van der Waals surface area contributed by atoms with Gasteiger partial charge in [0.1, 0.15) is 0 Å². The van der Waals surface area contributed by atoms with Crippen molar-refractivity contribution in [2.24, 2.45) is 0 Å². The van der Waals surface area contributed by atoms with Gasteiger partial charge in [-0.1, -0.05) is 0 Å². The molecule has 1 heterocycles. The van der Waals surface area contributed by atoms with E-state index in [0.29, 0.717) is 0 Å². The summed E-state index contributed by atoms with van der Waals surface area (Å²) in [6, 6.07) is 2.11. The zero-order valence-electron chi connectivity index (χ0n) is 4.98. The third-order valence-corrected chi connectivity index (χ3v) is 2.39. The van der Waals surface area contributed by atoms with Gasteiger partial charge in [0.2, 0.25) is 0 Å². The van der Waals surface area contributed by atoms with Gasteiger partial charge >= 0.3 is 0 Å². The van der Waals surface area contributed by atoms with Crippen molar-refractivity contribution in [3.05, 3.63) is 23.5 Å². The van der Waals surface area contributed by atoms with E-state index in [0.717, 1.165) is 0 Å². The van der Waals surface area contributed by atoms with Gasteiger partial charge in [0.15, 0.2) is 0 Å². The van der Waals surface area contributed by atoms with Crippen molar-refractivity contribution in [1.82, 2.24) is 2.78 Å². The normalized spacial score (nSPS) is 9.88. The fraction of sp³-hybridized carbons (Fsp3) is 0.333. The number of halogens is 1. The molecule has 1 aromatic heterocycles. The van der Waals surface area contributed by atoms with Crippen LogP contribution in [0.3, 0.4) is 0 Å². The molecule has 0 spiro atoms. The molecule has 0 fully saturated rings. The van der Waals surface area contributed by atoms with Gasteiger partial charge in [-0.2, -0.15) is 0 Å². The minimum atomic E-state index is 1.34. The fourth-order valence-electron chi connectivity index (χ4n) is 0.578. The number of hydrogen-bond donors (Lipinski definition) is 0. The Balaban J connectivity index is 3.19. The molecule has 0 bridgehead atoms. The van der Waals surface area contributed by atoms with E-state index >= 15 is 0 Å². The fourth-order valence-corrected chi connectivity index (χ4v) is 1.12. The number of rotatable bonds is 0. The minimum absolute atomic E-state index is 1.34. The monoisotopic (exact) mass is 221 g/mol. The van der Waals surface area contributed by atoms with Crippen molar-refractivity contribution in [3.8, 4) is 0 Å². The maximum atomic E-state index is 2.26. The average Bonchev–Trinajstić information content (AvgIpc) is 1.98. The van der Waals surface area contributed by atoms with Gasteiger partial charge < -0.3 is 0 Å². The average molecular weight is 221 g/mol. The second kappa shape index (κ2) is 2.09. The summed E-state index contributed by atoms with van der Waals surface area (Å²) >= 11 is 2.26. The molecule has 1 aromatic rings. The van der Waals surface area contributed by atoms with E-state index in [4.69, 9.17) is 0 Å². The first-order valence-corrected chi connectivity index (χ1v) is 3.49. The van der Waals surface area contributed by atoms with E-state index in [9.17, 15) is 0 Å². The second-order valence-corrected chi connectivity index (χ2v) is 2.93. The molecule has 0 N–H and O–H groups in total. The Labute approximate surface area is 63.2 Å². The van der Waals surface area contributed by atoms with E-state index in [1.807, 2.05) is 0 Å². The van der Waals surface area contributed by atoms with Crippen LogP contribution in [0.4, 0.5) is 0 Å². The van der Waals surface area contributed by atoms with Gasteiger partial charge in [-0.15, -0.1) is 0 Å². The Kier molecular flexibility index (Phi) is 1.60. The Bertz CT molecular complexity index is 171. The molecule has 2 heteroatoms. The first-order valence-electron chi connectivity index (χ1n) is 2.52. The zero-order chi connectivity index (χ0) is 6.15. The van der Waals surface area contributed by atoms with Gasteiger partial charge in [0.05, 0.1) is 22.9 Å². The zero-order valence-corrected chi connectivity index (χ0v) is 7.14. The van der Waals surface area contributed by atoms with Crippen LogP contribution in [0.5, 0.6) is 0 Å². The predicted octanol–water partition coefficient (Wildman–Crippen LogP) is 2.30. The largest absolute Gasteiger partial charge is 0.294 e. The summed E-state index contributed by atoms with van der Waals surface area (Å²) in [7, 11) is 0. The summed E-state index contributed by atoms with van der Waals surface area (Å²) in [4.78, 5) is 0. The van der Waals surface area contributed by atoms with Gasteiger partial charge in [0, 0.05) is 11.9 Å². The van der Waals surface area contributed by atoms with Crippen LogP contribution in [0.2, 0.25) is 0 Å². The lowest BCUT2D eigenvalue weighted by molar-refractivity contribution is 1.20. The SMILES string of the molecule is Cc1ccn(I)c1C. The van der Waals surface area contributed by atoms with Crippen LogP contribution in [0.15, 0.2) is 12.3 Å². The van der Waals surface area contributed by atoms with Gasteiger partial charge in [-0.05, 0) is 25.5 Å². The number of nitrogens with zero attached hydrogens (tertiary/aromatic N) is 1. The summed E-state index contributed by atoms with van der Waals surface area (Å²) in [6.45, 7) is 4.23. The lowest BCUT2D eigenvalue weighted by atomic mass is 10.3. The standard InChI is InChI=1S/C6H8IN/c1-5-3-4-8(7)6(5)2/h3-4H,1-2H3. The molecule has 0 saturated carbocycles. The topological polar surface area (TPSA) is 4.93 Å². The van der Waals surface area contributed by atoms with Gasteiger partial charge in [-0.3, -0.25) is 2.78 Å². The highest BCUT2D eigenvalue weighted by Crippen LogP contribution is 2.09. The first-order chi connectivity index (χ1) is 3.72. The van der Waals surface area contributed by atoms with Crippen molar-refractivity contribution < 1.29 is 0 Å². The van der Waals surface area contributed by atoms with E-state index in [2.05, 4.69) is 51.8 Å². The highest BCUT2D eigenvalue weighted by Gasteiger charge is 1.93. The summed E-state index contributed by atoms with van der Waals surface area (Å²) < 4.78 is 2.09. The van der Waals surface area contributed by atoms with Gasteiger partial charge in [0.25, 0.3) is 0 Å². The molecule has 0 aromatic carbocycles. The van der Waals surface area contributed by atoms with Crippen LogP contribution in [0, 0.1) is 13.8 Å². The highest BCUT2D eigenvalue weighted by atomic mass is 127. The lowest BCUT2D eigenvalue weighted by Gasteiger charge is -1.90. The summed E-state index contributed by atoms with van der Waals surface area (Å²) in [5.41, 5.74) is 2.70. The molecular weight excluding hydrogens is 213 g/mol. The van der Waals surface area contributed by atoms with Crippen LogP contribution >= 0.6 is 22.9 Å². The molecule has 0 radical (unpaired) electrons. The van der Waals surface area contributed by atoms with Crippen LogP contribution < -0.4 is 0 Å². The maximum Gasteiger partial charge on any atom is 0.0637 e. The quantitative estimate of drug-likeness (QED) is 0.592. The molecule has 8 heavy (non-hydrogen) atoms. The molecule has 0 unspecified atom stereocenters. The highest BCUT2D eigenvalue weighted by molar-refractivity contribution is 14.1. The molecule has 1 rings (SSSR count). The van der Waals surface area contributed by atoms with Crippen molar-refractivity contribution in [2.45, 2.75) is 13.8 Å². The van der Waals surface area contributed by atoms with Crippen molar-refractivity contribution in [2.75, 3.05) is 0 Å². The van der Waals surface area contributed by atoms with Crippen LogP contribution in [0.25, 0.3) is 0 Å². The molecule has 0 atom stereocenters. The molecular formula is C6H8IN. The van der Waals surface area contributed by atoms with E-state index < -0.39 is 0 Å². The van der Waals surface area contributed by atoms with Gasteiger partial charge in [-0.25, -0.2) is 0 Å². The third kappa shape index (κ3) is 0.891. The molecule has 1 nitrogen and oxygen atoms in total. The summed E-state index contributed by atoms with van der Waals surface area (Å²) in [5, 5.41) is 0. The van der Waals surface area contributed by atoms with E-state index in [1.165, 1.54) is 11.3 Å². The molecule has 0 aliphatic heterocycles. The molecule has 0 aliphatic rings. The van der Waals surface area contributed by atoms with Crippen LogP contribution in [-0.4, -0.2) is 2.78 Å². The summed E-state index contributed by atoms with van der Waals surface area (Å²) in [6.07, 6.45) is 2.06. The number of hydrogen-bond acceptors (Lipinski definition) is 0. The lowest BCUT2D eigenvalue weighted by Crippen LogP contribution is -1.78. The Hall–Kier alpha value is 0.01000.